The van der Waals surface area contributed by atoms with E-state index in [-0.39, 0.29) is 0 Å². The molecule has 0 saturated carbocycles. The van der Waals surface area contributed by atoms with E-state index in [2.05, 4.69) is 79.7 Å². The first-order chi connectivity index (χ1) is 16.1. The van der Waals surface area contributed by atoms with Crippen molar-refractivity contribution in [3.8, 4) is 11.5 Å². The lowest BCUT2D eigenvalue weighted by atomic mass is 9.84. The average Bonchev–Trinajstić information content (AvgIpc) is 3.26. The van der Waals surface area contributed by atoms with Crippen LogP contribution < -0.4 is 9.47 Å². The number of unbranched alkanes of at least 4 members (excludes halogenated alkanes) is 2. The molecule has 2 aromatic carbocycles. The van der Waals surface area contributed by atoms with Crippen LogP contribution in [0.4, 0.5) is 0 Å². The molecule has 34 heavy (non-hydrogen) atoms. The van der Waals surface area contributed by atoms with Crippen molar-refractivity contribution in [2.24, 2.45) is 0 Å². The van der Waals surface area contributed by atoms with Crippen LogP contribution in [-0.2, 0) is 23.7 Å². The van der Waals surface area contributed by atoms with Gasteiger partial charge in [-0.25, -0.2) is 0 Å². The van der Waals surface area contributed by atoms with Crippen LogP contribution >= 0.6 is 0 Å². The molecule has 0 bridgehead atoms. The molecule has 0 fully saturated rings. The van der Waals surface area contributed by atoms with Gasteiger partial charge in [0.2, 0.25) is 0 Å². The van der Waals surface area contributed by atoms with E-state index < -0.39 is 0 Å². The van der Waals surface area contributed by atoms with Crippen LogP contribution in [0.25, 0.3) is 0 Å². The summed E-state index contributed by atoms with van der Waals surface area (Å²) in [7, 11) is 0. The van der Waals surface area contributed by atoms with Gasteiger partial charge in [0.25, 0.3) is 0 Å². The summed E-state index contributed by atoms with van der Waals surface area (Å²) in [6.07, 6.45) is 9.63. The van der Waals surface area contributed by atoms with Crippen molar-refractivity contribution < 1.29 is 9.47 Å². The fourth-order valence-electron chi connectivity index (χ4n) is 5.60. The molecule has 0 aromatic heterocycles. The van der Waals surface area contributed by atoms with Crippen LogP contribution in [-0.4, -0.2) is 13.2 Å². The molecule has 2 aromatic rings. The van der Waals surface area contributed by atoms with Gasteiger partial charge in [-0.2, -0.15) is 0 Å². The molecule has 2 aliphatic carbocycles. The van der Waals surface area contributed by atoms with Gasteiger partial charge in [-0.3, -0.25) is 0 Å². The number of fused-ring (bicyclic) bond motifs is 2. The zero-order chi connectivity index (χ0) is 24.9. The van der Waals surface area contributed by atoms with E-state index in [0.717, 1.165) is 37.6 Å². The van der Waals surface area contributed by atoms with Crippen molar-refractivity contribution in [2.45, 2.75) is 118 Å². The van der Waals surface area contributed by atoms with Crippen molar-refractivity contribution in [1.82, 2.24) is 0 Å². The average molecular weight is 465 g/mol. The number of rotatable bonds is 8. The summed E-state index contributed by atoms with van der Waals surface area (Å²) in [5, 5.41) is 0. The Bertz CT molecular complexity index is 959. The summed E-state index contributed by atoms with van der Waals surface area (Å²) in [5.74, 6) is 2.18. The Kier molecular flexibility index (Phi) is 8.77. The summed E-state index contributed by atoms with van der Waals surface area (Å²) >= 11 is 0. The number of hydrogen-bond donors (Lipinski definition) is 0. The highest BCUT2D eigenvalue weighted by Gasteiger charge is 2.32. The molecule has 0 heterocycles. The van der Waals surface area contributed by atoms with Gasteiger partial charge in [-0.15, -0.1) is 0 Å². The monoisotopic (exact) mass is 464 g/mol. The molecular weight excluding hydrogens is 416 g/mol. The molecule has 0 unspecified atom stereocenters. The second-order valence-electron chi connectivity index (χ2n) is 11.7. The van der Waals surface area contributed by atoms with Gasteiger partial charge in [0.05, 0.1) is 13.2 Å². The number of benzene rings is 2. The molecule has 0 spiro atoms. The Hall–Kier alpha value is -1.96. The van der Waals surface area contributed by atoms with Gasteiger partial charge in [0.15, 0.2) is 0 Å². The van der Waals surface area contributed by atoms with E-state index in [4.69, 9.17) is 9.47 Å². The van der Waals surface area contributed by atoms with E-state index in [9.17, 15) is 0 Å². The number of ether oxygens (including phenoxy) is 2. The maximum absolute atomic E-state index is 5.90. The topological polar surface area (TPSA) is 18.5 Å². The third-order valence-electron chi connectivity index (χ3n) is 7.86. The molecule has 188 valence electrons. The fraction of sp³-hybridized carbons (Fsp3) is 0.625. The Morgan fingerprint density at radius 2 is 1.32 bits per heavy atom. The van der Waals surface area contributed by atoms with Gasteiger partial charge in [0, 0.05) is 0 Å². The van der Waals surface area contributed by atoms with Crippen LogP contribution in [0.2, 0.25) is 0 Å². The highest BCUT2D eigenvalue weighted by molar-refractivity contribution is 5.50. The fourth-order valence-corrected chi connectivity index (χ4v) is 5.60. The SMILES string of the molecule is CCCCOc1cc2c(cc1C)CCC2(C)C.CCCCOc1ccc2c(c1C)C(C)(C)CC2. The predicted octanol–water partition coefficient (Wildman–Crippen LogP) is 8.80. The molecule has 4 rings (SSSR count). The highest BCUT2D eigenvalue weighted by atomic mass is 16.5. The van der Waals surface area contributed by atoms with Gasteiger partial charge >= 0.3 is 0 Å². The normalized spacial score (nSPS) is 16.9. The Morgan fingerprint density at radius 3 is 1.97 bits per heavy atom. The summed E-state index contributed by atoms with van der Waals surface area (Å²) in [5.41, 5.74) is 9.38. The first kappa shape index (κ1) is 26.6. The predicted molar refractivity (Wildman–Crippen MR) is 146 cm³/mol. The zero-order valence-electron chi connectivity index (χ0n) is 23.2. The number of aryl methyl sites for hydroxylation is 3. The van der Waals surface area contributed by atoms with E-state index in [1.54, 1.807) is 0 Å². The smallest absolute Gasteiger partial charge is 0.122 e. The lowest BCUT2D eigenvalue weighted by Gasteiger charge is -2.23. The quantitative estimate of drug-likeness (QED) is 0.363. The molecule has 0 amide bonds. The summed E-state index contributed by atoms with van der Waals surface area (Å²) in [6, 6.07) is 9.03. The maximum atomic E-state index is 5.90. The largest absolute Gasteiger partial charge is 0.493 e. The van der Waals surface area contributed by atoms with E-state index in [1.165, 1.54) is 71.9 Å². The molecule has 2 nitrogen and oxygen atoms in total. The zero-order valence-corrected chi connectivity index (χ0v) is 23.2. The second kappa shape index (κ2) is 11.2. The molecule has 0 atom stereocenters. The molecular formula is C32H48O2. The van der Waals surface area contributed by atoms with E-state index in [0.29, 0.717) is 10.8 Å². The molecule has 0 saturated heterocycles. The van der Waals surface area contributed by atoms with Crippen LogP contribution in [0.5, 0.6) is 11.5 Å². The maximum Gasteiger partial charge on any atom is 0.122 e. The van der Waals surface area contributed by atoms with Crippen LogP contribution in [0, 0.1) is 13.8 Å². The third kappa shape index (κ3) is 5.99. The van der Waals surface area contributed by atoms with Crippen LogP contribution in [0.1, 0.15) is 113 Å². The van der Waals surface area contributed by atoms with E-state index >= 15 is 0 Å². The minimum Gasteiger partial charge on any atom is -0.493 e. The lowest BCUT2D eigenvalue weighted by Crippen LogP contribution is -2.14. The standard InChI is InChI=1S/2C16H24O/c1-5-6-11-17-14-8-7-13-9-10-16(3,4)15(13)12(14)2;1-5-6-9-17-15-11-14-13(10-12(15)2)7-8-16(14,3)4/h7-8H,5-6,9-11H2,1-4H3;10-11H,5-9H2,1-4H3. The van der Waals surface area contributed by atoms with Gasteiger partial charge < -0.3 is 9.47 Å². The molecule has 0 N–H and O–H groups in total. The van der Waals surface area contributed by atoms with Gasteiger partial charge in [-0.1, -0.05) is 66.5 Å². The van der Waals surface area contributed by atoms with E-state index in [1.807, 2.05) is 0 Å². The van der Waals surface area contributed by atoms with Crippen LogP contribution in [0.15, 0.2) is 24.3 Å². The van der Waals surface area contributed by atoms with Gasteiger partial charge in [-0.05, 0) is 109 Å². The molecule has 2 heteroatoms. The lowest BCUT2D eigenvalue weighted by molar-refractivity contribution is 0.306. The molecule has 0 aliphatic heterocycles. The first-order valence-corrected chi connectivity index (χ1v) is 13.6. The Morgan fingerprint density at radius 1 is 0.735 bits per heavy atom. The summed E-state index contributed by atoms with van der Waals surface area (Å²) in [6.45, 7) is 19.8. The molecule has 0 radical (unpaired) electrons. The van der Waals surface area contributed by atoms with Crippen molar-refractivity contribution in [3.63, 3.8) is 0 Å². The number of hydrogen-bond acceptors (Lipinski definition) is 2. The Balaban J connectivity index is 0.000000191. The van der Waals surface area contributed by atoms with Crippen LogP contribution in [0.3, 0.4) is 0 Å². The summed E-state index contributed by atoms with van der Waals surface area (Å²) < 4.78 is 11.8. The minimum absolute atomic E-state index is 0.323. The minimum atomic E-state index is 0.323. The van der Waals surface area contributed by atoms with Crippen molar-refractivity contribution >= 4 is 0 Å². The molecule has 2 aliphatic rings. The van der Waals surface area contributed by atoms with Gasteiger partial charge in [0.1, 0.15) is 11.5 Å². The Labute approximate surface area is 209 Å². The third-order valence-corrected chi connectivity index (χ3v) is 7.86. The van der Waals surface area contributed by atoms with Crippen molar-refractivity contribution in [2.75, 3.05) is 13.2 Å². The highest BCUT2D eigenvalue weighted by Crippen LogP contribution is 2.43. The first-order valence-electron chi connectivity index (χ1n) is 13.6. The summed E-state index contributed by atoms with van der Waals surface area (Å²) in [4.78, 5) is 0. The van der Waals surface area contributed by atoms with Crippen molar-refractivity contribution in [3.05, 3.63) is 57.6 Å². The second-order valence-corrected chi connectivity index (χ2v) is 11.7. The van der Waals surface area contributed by atoms with Crippen molar-refractivity contribution in [1.29, 1.82) is 0 Å².